The van der Waals surface area contributed by atoms with Gasteiger partial charge in [0.05, 0.1) is 5.75 Å². The molecule has 1 rings (SSSR count). The van der Waals surface area contributed by atoms with Crippen LogP contribution in [0.15, 0.2) is 11.8 Å². The maximum atomic E-state index is 11.2. The first kappa shape index (κ1) is 9.45. The molecule has 0 saturated carbocycles. The summed E-state index contributed by atoms with van der Waals surface area (Å²) in [5.41, 5.74) is 0.699. The molecule has 0 radical (unpaired) electrons. The van der Waals surface area contributed by atoms with Crippen molar-refractivity contribution in [2.24, 2.45) is 0 Å². The Kier molecular flexibility index (Phi) is 3.03. The molecule has 0 N–H and O–H groups in total. The van der Waals surface area contributed by atoms with Gasteiger partial charge in [-0.3, -0.25) is 9.00 Å². The molecule has 1 heterocycles. The average molecular weight is 187 g/mol. The lowest BCUT2D eigenvalue weighted by molar-refractivity contribution is -0.115. The molecule has 0 bridgehead atoms. The highest BCUT2D eigenvalue weighted by atomic mass is 32.2. The Labute approximate surface area is 74.9 Å². The fraction of sp³-hybridized carbons (Fsp3) is 0.625. The second-order valence-corrected chi connectivity index (χ2v) is 4.66. The normalized spacial score (nSPS) is 27.7. The molecule has 1 aliphatic rings. The second-order valence-electron chi connectivity index (χ2n) is 3.08. The summed E-state index contributed by atoms with van der Waals surface area (Å²) in [6.07, 6.45) is 2.20. The molecule has 0 unspecified atom stereocenters. The Bertz CT molecular complexity index is 245. The summed E-state index contributed by atoms with van der Waals surface area (Å²) >= 11 is 0. The SMILES string of the molecule is CN(C)/C=C1/C[S@](=O)CCC1=O. The van der Waals surface area contributed by atoms with Crippen LogP contribution in [0.25, 0.3) is 0 Å². The summed E-state index contributed by atoms with van der Waals surface area (Å²) in [6, 6.07) is 0. The quantitative estimate of drug-likeness (QED) is 0.548. The van der Waals surface area contributed by atoms with Crippen LogP contribution in [0.1, 0.15) is 6.42 Å². The van der Waals surface area contributed by atoms with Gasteiger partial charge in [-0.25, -0.2) is 0 Å². The first-order valence-corrected chi connectivity index (χ1v) is 5.33. The molecule has 4 heteroatoms. The van der Waals surface area contributed by atoms with E-state index in [0.29, 0.717) is 23.5 Å². The van der Waals surface area contributed by atoms with Crippen molar-refractivity contribution in [1.29, 1.82) is 0 Å². The number of hydrogen-bond acceptors (Lipinski definition) is 3. The highest BCUT2D eigenvalue weighted by Gasteiger charge is 2.19. The first-order valence-electron chi connectivity index (χ1n) is 3.85. The van der Waals surface area contributed by atoms with E-state index in [9.17, 15) is 9.00 Å². The van der Waals surface area contributed by atoms with E-state index in [4.69, 9.17) is 0 Å². The van der Waals surface area contributed by atoms with E-state index in [1.807, 2.05) is 19.0 Å². The molecular weight excluding hydrogens is 174 g/mol. The molecule has 0 spiro atoms. The Morgan fingerprint density at radius 3 is 2.75 bits per heavy atom. The molecule has 1 fully saturated rings. The number of carbonyl (C=O) groups is 1. The van der Waals surface area contributed by atoms with Crippen LogP contribution in [0.3, 0.4) is 0 Å². The number of Topliss-reactive ketones (excluding diaryl/α,β-unsaturated/α-hetero) is 1. The minimum absolute atomic E-state index is 0.142. The molecule has 0 aliphatic carbocycles. The van der Waals surface area contributed by atoms with E-state index < -0.39 is 10.8 Å². The van der Waals surface area contributed by atoms with Crippen molar-refractivity contribution in [1.82, 2.24) is 4.90 Å². The molecule has 68 valence electrons. The summed E-state index contributed by atoms with van der Waals surface area (Å²) in [4.78, 5) is 13.1. The number of rotatable bonds is 1. The maximum Gasteiger partial charge on any atom is 0.162 e. The lowest BCUT2D eigenvalue weighted by Gasteiger charge is -2.14. The highest BCUT2D eigenvalue weighted by Crippen LogP contribution is 2.11. The predicted molar refractivity (Wildman–Crippen MR) is 49.3 cm³/mol. The molecule has 0 aromatic carbocycles. The van der Waals surface area contributed by atoms with Crippen LogP contribution in [0, 0.1) is 0 Å². The monoisotopic (exact) mass is 187 g/mol. The summed E-state index contributed by atoms with van der Waals surface area (Å²) in [7, 11) is 2.89. The zero-order valence-electron chi connectivity index (χ0n) is 7.37. The van der Waals surface area contributed by atoms with Crippen molar-refractivity contribution < 1.29 is 9.00 Å². The standard InChI is InChI=1S/C8H13NO2S/c1-9(2)5-7-6-12(11)4-3-8(7)10/h5H,3-4,6H2,1-2H3/b7-5-/t12-/m1/s1. The van der Waals surface area contributed by atoms with Crippen LogP contribution in [-0.2, 0) is 15.6 Å². The Balaban J connectivity index is 2.73. The first-order chi connectivity index (χ1) is 5.59. The third-order valence-electron chi connectivity index (χ3n) is 1.65. The Hall–Kier alpha value is -0.640. The largest absolute Gasteiger partial charge is 0.383 e. The number of ketones is 1. The number of carbonyl (C=O) groups excluding carboxylic acids is 1. The fourth-order valence-corrected chi connectivity index (χ4v) is 2.25. The van der Waals surface area contributed by atoms with E-state index in [2.05, 4.69) is 0 Å². The lowest BCUT2D eigenvalue weighted by atomic mass is 10.1. The van der Waals surface area contributed by atoms with Gasteiger partial charge >= 0.3 is 0 Å². The molecular formula is C8H13NO2S. The smallest absolute Gasteiger partial charge is 0.162 e. The van der Waals surface area contributed by atoms with E-state index in [1.54, 1.807) is 6.20 Å². The van der Waals surface area contributed by atoms with Gasteiger partial charge in [0.25, 0.3) is 0 Å². The fourth-order valence-electron chi connectivity index (χ4n) is 1.11. The third kappa shape index (κ3) is 2.44. The highest BCUT2D eigenvalue weighted by molar-refractivity contribution is 7.85. The van der Waals surface area contributed by atoms with Crippen molar-refractivity contribution in [3.63, 3.8) is 0 Å². The minimum Gasteiger partial charge on any atom is -0.383 e. The van der Waals surface area contributed by atoms with E-state index in [1.165, 1.54) is 0 Å². The van der Waals surface area contributed by atoms with Crippen molar-refractivity contribution in [2.75, 3.05) is 25.6 Å². The van der Waals surface area contributed by atoms with Gasteiger partial charge in [0.15, 0.2) is 5.78 Å². The van der Waals surface area contributed by atoms with Crippen molar-refractivity contribution >= 4 is 16.6 Å². The van der Waals surface area contributed by atoms with Crippen molar-refractivity contribution in [3.05, 3.63) is 11.8 Å². The third-order valence-corrected chi connectivity index (χ3v) is 2.94. The molecule has 1 atom stereocenters. The summed E-state index contributed by atoms with van der Waals surface area (Å²) < 4.78 is 11.1. The number of hydrogen-bond donors (Lipinski definition) is 0. The van der Waals surface area contributed by atoms with Gasteiger partial charge < -0.3 is 4.90 Å². The van der Waals surface area contributed by atoms with Crippen LogP contribution in [-0.4, -0.2) is 40.5 Å². The molecule has 12 heavy (non-hydrogen) atoms. The topological polar surface area (TPSA) is 37.4 Å². The van der Waals surface area contributed by atoms with E-state index in [-0.39, 0.29) is 5.78 Å². The summed E-state index contributed by atoms with van der Waals surface area (Å²) in [5, 5.41) is 0. The molecule has 0 aromatic rings. The van der Waals surface area contributed by atoms with Crippen LogP contribution in [0.4, 0.5) is 0 Å². The zero-order chi connectivity index (χ0) is 9.14. The molecule has 3 nitrogen and oxygen atoms in total. The second kappa shape index (κ2) is 3.85. The Morgan fingerprint density at radius 1 is 1.50 bits per heavy atom. The molecule has 0 aromatic heterocycles. The van der Waals surface area contributed by atoms with E-state index in [0.717, 1.165) is 0 Å². The van der Waals surface area contributed by atoms with Gasteiger partial charge in [-0.15, -0.1) is 0 Å². The van der Waals surface area contributed by atoms with Gasteiger partial charge in [0.2, 0.25) is 0 Å². The minimum atomic E-state index is -0.823. The average Bonchev–Trinajstić information content (AvgIpc) is 1.96. The van der Waals surface area contributed by atoms with Crippen LogP contribution in [0.5, 0.6) is 0 Å². The van der Waals surface area contributed by atoms with E-state index >= 15 is 0 Å². The summed E-state index contributed by atoms with van der Waals surface area (Å²) in [6.45, 7) is 0. The van der Waals surface area contributed by atoms with Gasteiger partial charge in [0, 0.05) is 48.8 Å². The van der Waals surface area contributed by atoms with Crippen molar-refractivity contribution in [2.45, 2.75) is 6.42 Å². The van der Waals surface area contributed by atoms with Gasteiger partial charge in [-0.1, -0.05) is 0 Å². The molecule has 1 aliphatic heterocycles. The zero-order valence-corrected chi connectivity index (χ0v) is 8.19. The predicted octanol–water partition coefficient (Wildman–Crippen LogP) is 0.153. The van der Waals surface area contributed by atoms with Gasteiger partial charge in [-0.05, 0) is 0 Å². The van der Waals surface area contributed by atoms with Crippen LogP contribution < -0.4 is 0 Å². The molecule has 1 saturated heterocycles. The van der Waals surface area contributed by atoms with Gasteiger partial charge in [0.1, 0.15) is 0 Å². The van der Waals surface area contributed by atoms with Crippen LogP contribution in [0.2, 0.25) is 0 Å². The lowest BCUT2D eigenvalue weighted by Crippen LogP contribution is -2.23. The molecule has 0 amide bonds. The Morgan fingerprint density at radius 2 is 2.17 bits per heavy atom. The maximum absolute atomic E-state index is 11.2. The summed E-state index contributed by atoms with van der Waals surface area (Å²) in [5.74, 6) is 1.10. The van der Waals surface area contributed by atoms with Gasteiger partial charge in [-0.2, -0.15) is 0 Å². The van der Waals surface area contributed by atoms with Crippen LogP contribution >= 0.6 is 0 Å². The van der Waals surface area contributed by atoms with Crippen molar-refractivity contribution in [3.8, 4) is 0 Å². The number of nitrogens with zero attached hydrogens (tertiary/aromatic N) is 1.